The van der Waals surface area contributed by atoms with Crippen molar-refractivity contribution in [1.29, 1.82) is 10.5 Å². The second kappa shape index (κ2) is 9.18. The third-order valence-electron chi connectivity index (χ3n) is 7.30. The molecule has 1 N–H and O–H groups in total. The van der Waals surface area contributed by atoms with E-state index in [1.807, 2.05) is 18.2 Å². The lowest BCUT2D eigenvalue weighted by Crippen LogP contribution is -2.17. The van der Waals surface area contributed by atoms with E-state index in [1.165, 1.54) is 16.2 Å². The lowest BCUT2D eigenvalue weighted by Gasteiger charge is -2.30. The molecule has 0 atom stereocenters. The SMILES string of the molecule is CC1(C)CC(C=Cc2ccc(-c3nc4c5ccccc5c5ccccc5c4[nH]3)cc2)=CC(=C(C#N)C#N)C1. The van der Waals surface area contributed by atoms with Crippen molar-refractivity contribution in [3.63, 3.8) is 0 Å². The number of aromatic amines is 1. The Morgan fingerprint density at radius 3 is 2.13 bits per heavy atom. The van der Waals surface area contributed by atoms with E-state index >= 15 is 0 Å². The van der Waals surface area contributed by atoms with Gasteiger partial charge in [0.15, 0.2) is 0 Å². The molecule has 0 amide bonds. The van der Waals surface area contributed by atoms with Gasteiger partial charge in [-0.3, -0.25) is 0 Å². The number of hydrogen-bond acceptors (Lipinski definition) is 3. The summed E-state index contributed by atoms with van der Waals surface area (Å²) in [5.74, 6) is 0.851. The summed E-state index contributed by atoms with van der Waals surface area (Å²) in [6, 6.07) is 29.4. The summed E-state index contributed by atoms with van der Waals surface area (Å²) in [5.41, 5.74) is 6.32. The molecule has 182 valence electrons. The summed E-state index contributed by atoms with van der Waals surface area (Å²) >= 11 is 0. The quantitative estimate of drug-likeness (QED) is 0.203. The Hall–Kier alpha value is -4.93. The topological polar surface area (TPSA) is 76.3 Å². The molecular weight excluding hydrogens is 464 g/mol. The van der Waals surface area contributed by atoms with Crippen molar-refractivity contribution < 1.29 is 0 Å². The van der Waals surface area contributed by atoms with Gasteiger partial charge in [-0.15, -0.1) is 0 Å². The molecule has 0 saturated heterocycles. The maximum absolute atomic E-state index is 9.33. The number of aromatic nitrogens is 2. The Bertz CT molecular complexity index is 1810. The number of hydrogen-bond donors (Lipinski definition) is 1. The van der Waals surface area contributed by atoms with E-state index in [0.29, 0.717) is 0 Å². The van der Waals surface area contributed by atoms with Gasteiger partial charge in [0.05, 0.1) is 11.0 Å². The first-order valence-corrected chi connectivity index (χ1v) is 12.8. The molecule has 6 rings (SSSR count). The lowest BCUT2D eigenvalue weighted by atomic mass is 9.74. The van der Waals surface area contributed by atoms with E-state index in [4.69, 9.17) is 4.98 Å². The third kappa shape index (κ3) is 4.17. The van der Waals surface area contributed by atoms with Crippen LogP contribution in [0.5, 0.6) is 0 Å². The van der Waals surface area contributed by atoms with Gasteiger partial charge in [0.1, 0.15) is 23.5 Å². The van der Waals surface area contributed by atoms with E-state index in [1.54, 1.807) is 0 Å². The summed E-state index contributed by atoms with van der Waals surface area (Å²) in [6.45, 7) is 4.35. The summed E-state index contributed by atoms with van der Waals surface area (Å²) in [7, 11) is 0. The van der Waals surface area contributed by atoms with E-state index < -0.39 is 0 Å². The number of allylic oxidation sites excluding steroid dienone is 5. The highest BCUT2D eigenvalue weighted by atomic mass is 14.9. The van der Waals surface area contributed by atoms with Crippen molar-refractivity contribution in [2.45, 2.75) is 26.7 Å². The zero-order valence-corrected chi connectivity index (χ0v) is 21.4. The molecule has 0 spiro atoms. The van der Waals surface area contributed by atoms with Crippen molar-refractivity contribution in [2.75, 3.05) is 0 Å². The number of H-pyrrole nitrogens is 1. The first-order chi connectivity index (χ1) is 18.5. The smallest absolute Gasteiger partial charge is 0.138 e. The van der Waals surface area contributed by atoms with Crippen LogP contribution >= 0.6 is 0 Å². The summed E-state index contributed by atoms with van der Waals surface area (Å²) in [6.07, 6.45) is 7.82. The standard InChI is InChI=1S/C34H26N4/c1-34(2)18-23(17-25(19-34)26(20-35)21-36)12-11-22-13-15-24(16-14-22)33-37-31-29-9-5-3-7-27(29)28-8-4-6-10-30(28)32(31)38-33/h3-17H,18-19H2,1-2H3,(H,37,38). The normalized spacial score (nSPS) is 15.1. The van der Waals surface area contributed by atoms with Crippen LogP contribution in [0.4, 0.5) is 0 Å². The molecule has 4 nitrogen and oxygen atoms in total. The number of fused-ring (bicyclic) bond motifs is 6. The fourth-order valence-corrected chi connectivity index (χ4v) is 5.61. The molecule has 1 aliphatic rings. The van der Waals surface area contributed by atoms with E-state index in [-0.39, 0.29) is 11.0 Å². The number of nitriles is 2. The molecule has 1 aromatic heterocycles. The largest absolute Gasteiger partial charge is 0.337 e. The Labute approximate surface area is 221 Å². The van der Waals surface area contributed by atoms with Gasteiger partial charge in [-0.1, -0.05) is 105 Å². The minimum atomic E-state index is 0.00218. The van der Waals surface area contributed by atoms with Gasteiger partial charge in [-0.25, -0.2) is 4.98 Å². The van der Waals surface area contributed by atoms with Crippen molar-refractivity contribution >= 4 is 38.7 Å². The summed E-state index contributed by atoms with van der Waals surface area (Å²) < 4.78 is 0. The van der Waals surface area contributed by atoms with Gasteiger partial charge in [-0.05, 0) is 45.7 Å². The Kier molecular flexibility index (Phi) is 5.67. The maximum Gasteiger partial charge on any atom is 0.138 e. The minimum absolute atomic E-state index is 0.00218. The van der Waals surface area contributed by atoms with Gasteiger partial charge >= 0.3 is 0 Å². The van der Waals surface area contributed by atoms with Crippen LogP contribution in [0, 0.1) is 28.1 Å². The first kappa shape index (κ1) is 23.5. The van der Waals surface area contributed by atoms with Gasteiger partial charge in [0, 0.05) is 16.3 Å². The van der Waals surface area contributed by atoms with Gasteiger partial charge in [-0.2, -0.15) is 10.5 Å². The summed E-state index contributed by atoms with van der Waals surface area (Å²) in [5, 5.41) is 23.4. The molecule has 5 aromatic rings. The van der Waals surface area contributed by atoms with Crippen LogP contribution in [0.15, 0.2) is 102 Å². The van der Waals surface area contributed by atoms with Gasteiger partial charge in [0.25, 0.3) is 0 Å². The van der Waals surface area contributed by atoms with E-state index in [2.05, 4.69) is 104 Å². The van der Waals surface area contributed by atoms with E-state index in [0.717, 1.165) is 57.4 Å². The Morgan fingerprint density at radius 1 is 0.816 bits per heavy atom. The van der Waals surface area contributed by atoms with Crippen molar-refractivity contribution in [3.8, 4) is 23.5 Å². The second-order valence-electron chi connectivity index (χ2n) is 10.7. The number of imidazole rings is 1. The molecule has 0 unspecified atom stereocenters. The molecule has 4 heteroatoms. The number of nitrogens with zero attached hydrogens (tertiary/aromatic N) is 3. The summed E-state index contributed by atoms with van der Waals surface area (Å²) in [4.78, 5) is 8.62. The minimum Gasteiger partial charge on any atom is -0.337 e. The van der Waals surface area contributed by atoms with Crippen molar-refractivity contribution in [1.82, 2.24) is 9.97 Å². The monoisotopic (exact) mass is 490 g/mol. The lowest BCUT2D eigenvalue weighted by molar-refractivity contribution is 0.354. The third-order valence-corrected chi connectivity index (χ3v) is 7.30. The fraction of sp³-hybridized carbons (Fsp3) is 0.147. The molecule has 38 heavy (non-hydrogen) atoms. The average molecular weight is 491 g/mol. The zero-order valence-electron chi connectivity index (χ0n) is 21.4. The highest BCUT2D eigenvalue weighted by Crippen LogP contribution is 2.40. The van der Waals surface area contributed by atoms with Crippen LogP contribution < -0.4 is 0 Å². The van der Waals surface area contributed by atoms with Crippen molar-refractivity contribution in [3.05, 3.63) is 107 Å². The predicted molar refractivity (Wildman–Crippen MR) is 155 cm³/mol. The molecule has 0 fully saturated rings. The highest BCUT2D eigenvalue weighted by molar-refractivity contribution is 6.23. The Morgan fingerprint density at radius 2 is 1.45 bits per heavy atom. The van der Waals surface area contributed by atoms with Crippen LogP contribution in [0.25, 0.3) is 50.0 Å². The van der Waals surface area contributed by atoms with Crippen molar-refractivity contribution in [2.24, 2.45) is 5.41 Å². The molecule has 0 saturated carbocycles. The van der Waals surface area contributed by atoms with Gasteiger partial charge < -0.3 is 4.98 Å². The second-order valence-corrected chi connectivity index (χ2v) is 10.7. The highest BCUT2D eigenvalue weighted by Gasteiger charge is 2.26. The number of nitrogens with one attached hydrogen (secondary N) is 1. The van der Waals surface area contributed by atoms with Crippen LogP contribution in [0.1, 0.15) is 32.3 Å². The van der Waals surface area contributed by atoms with E-state index in [9.17, 15) is 10.5 Å². The number of benzene rings is 4. The van der Waals surface area contributed by atoms with Crippen LogP contribution in [-0.4, -0.2) is 9.97 Å². The first-order valence-electron chi connectivity index (χ1n) is 12.8. The van der Waals surface area contributed by atoms with Crippen LogP contribution in [0.3, 0.4) is 0 Å². The molecule has 0 aliphatic heterocycles. The zero-order chi connectivity index (χ0) is 26.3. The fourth-order valence-electron chi connectivity index (χ4n) is 5.61. The molecule has 1 heterocycles. The number of rotatable bonds is 3. The van der Waals surface area contributed by atoms with Crippen LogP contribution in [0.2, 0.25) is 0 Å². The molecule has 0 bridgehead atoms. The molecule has 4 aromatic carbocycles. The Balaban J connectivity index is 1.34. The predicted octanol–water partition coefficient (Wildman–Crippen LogP) is 8.64. The van der Waals surface area contributed by atoms with Crippen LogP contribution in [-0.2, 0) is 0 Å². The average Bonchev–Trinajstić information content (AvgIpc) is 3.38. The van der Waals surface area contributed by atoms with Gasteiger partial charge in [0.2, 0.25) is 0 Å². The molecule has 1 aliphatic carbocycles. The molecule has 0 radical (unpaired) electrons. The molecular formula is C34H26N4. The maximum atomic E-state index is 9.33.